The molecule has 1 rings (SSSR count). The maximum atomic E-state index is 12.3. The average Bonchev–Trinajstić information content (AvgIpc) is 2.36. The lowest BCUT2D eigenvalue weighted by atomic mass is 9.85. The first-order chi connectivity index (χ1) is 9.70. The van der Waals surface area contributed by atoms with Crippen molar-refractivity contribution >= 4 is 17.8 Å². The number of hydrogen-bond acceptors (Lipinski definition) is 4. The van der Waals surface area contributed by atoms with E-state index in [9.17, 15) is 19.5 Å². The number of esters is 1. The standard InChI is InChI=1S/C15H25NO5/c1-5-6-9-21-14(20)12-10(13(18)19)7-8-11(17)16(12)15(2,3)4/h10,12H,5-9H2,1-4H3,(H,18,19)/t10-,12?/m0/s1. The summed E-state index contributed by atoms with van der Waals surface area (Å²) in [6.07, 6.45) is 1.92. The highest BCUT2D eigenvalue weighted by Crippen LogP contribution is 2.31. The Morgan fingerprint density at radius 1 is 1.38 bits per heavy atom. The first-order valence-electron chi connectivity index (χ1n) is 7.41. The molecule has 1 N–H and O–H groups in total. The van der Waals surface area contributed by atoms with Crippen LogP contribution in [0, 0.1) is 5.92 Å². The van der Waals surface area contributed by atoms with E-state index in [0.717, 1.165) is 12.8 Å². The van der Waals surface area contributed by atoms with Crippen LogP contribution in [0.3, 0.4) is 0 Å². The Bertz CT molecular complexity index is 413. The second-order valence-corrected chi connectivity index (χ2v) is 6.38. The van der Waals surface area contributed by atoms with Crippen LogP contribution in [0.2, 0.25) is 0 Å². The van der Waals surface area contributed by atoms with Crippen LogP contribution in [-0.4, -0.2) is 46.0 Å². The molecule has 1 fully saturated rings. The van der Waals surface area contributed by atoms with Gasteiger partial charge in [0.2, 0.25) is 5.91 Å². The zero-order valence-corrected chi connectivity index (χ0v) is 13.2. The summed E-state index contributed by atoms with van der Waals surface area (Å²) in [6.45, 7) is 7.61. The van der Waals surface area contributed by atoms with E-state index in [1.807, 2.05) is 6.92 Å². The quantitative estimate of drug-likeness (QED) is 0.618. The third kappa shape index (κ3) is 4.19. The van der Waals surface area contributed by atoms with Gasteiger partial charge in [0.25, 0.3) is 0 Å². The fourth-order valence-corrected chi connectivity index (χ4v) is 2.61. The molecule has 1 heterocycles. The molecule has 21 heavy (non-hydrogen) atoms. The van der Waals surface area contributed by atoms with Gasteiger partial charge in [0, 0.05) is 12.0 Å². The van der Waals surface area contributed by atoms with Gasteiger partial charge < -0.3 is 14.7 Å². The highest BCUT2D eigenvalue weighted by Gasteiger charge is 2.48. The van der Waals surface area contributed by atoms with Crippen LogP contribution in [-0.2, 0) is 19.1 Å². The number of carboxylic acids is 1. The van der Waals surface area contributed by atoms with Crippen molar-refractivity contribution in [3.63, 3.8) is 0 Å². The summed E-state index contributed by atoms with van der Waals surface area (Å²) in [5, 5.41) is 9.35. The average molecular weight is 299 g/mol. The third-order valence-corrected chi connectivity index (χ3v) is 3.62. The fraction of sp³-hybridized carbons (Fsp3) is 0.800. The summed E-state index contributed by atoms with van der Waals surface area (Å²) in [6, 6.07) is -1.04. The van der Waals surface area contributed by atoms with Gasteiger partial charge in [-0.05, 0) is 33.6 Å². The zero-order valence-electron chi connectivity index (χ0n) is 13.2. The van der Waals surface area contributed by atoms with Gasteiger partial charge in [-0.2, -0.15) is 0 Å². The summed E-state index contributed by atoms with van der Waals surface area (Å²) < 4.78 is 5.18. The molecule has 0 aromatic heterocycles. The predicted octanol–water partition coefficient (Wildman–Crippen LogP) is 1.82. The Morgan fingerprint density at radius 2 is 2.00 bits per heavy atom. The van der Waals surface area contributed by atoms with Crippen molar-refractivity contribution in [2.45, 2.75) is 65.0 Å². The zero-order chi connectivity index (χ0) is 16.2. The van der Waals surface area contributed by atoms with Crippen LogP contribution in [0.4, 0.5) is 0 Å². The predicted molar refractivity (Wildman–Crippen MR) is 76.6 cm³/mol. The molecule has 0 bridgehead atoms. The molecule has 0 radical (unpaired) electrons. The van der Waals surface area contributed by atoms with Crippen molar-refractivity contribution in [2.75, 3.05) is 6.61 Å². The fourth-order valence-electron chi connectivity index (χ4n) is 2.61. The Labute approximate surface area is 125 Å². The highest BCUT2D eigenvalue weighted by atomic mass is 16.5. The maximum absolute atomic E-state index is 12.3. The van der Waals surface area contributed by atoms with Crippen LogP contribution in [0.15, 0.2) is 0 Å². The van der Waals surface area contributed by atoms with Gasteiger partial charge in [0.1, 0.15) is 6.04 Å². The van der Waals surface area contributed by atoms with Crippen LogP contribution >= 0.6 is 0 Å². The number of carboxylic acid groups (broad SMARTS) is 1. The normalized spacial score (nSPS) is 23.0. The minimum Gasteiger partial charge on any atom is -0.481 e. The number of carbonyl (C=O) groups excluding carboxylic acids is 2. The smallest absolute Gasteiger partial charge is 0.329 e. The molecule has 0 saturated carbocycles. The van der Waals surface area contributed by atoms with E-state index >= 15 is 0 Å². The van der Waals surface area contributed by atoms with E-state index < -0.39 is 29.4 Å². The van der Waals surface area contributed by atoms with Crippen molar-refractivity contribution in [2.24, 2.45) is 5.92 Å². The summed E-state index contributed by atoms with van der Waals surface area (Å²) in [7, 11) is 0. The van der Waals surface area contributed by atoms with Crippen molar-refractivity contribution in [1.29, 1.82) is 0 Å². The Kier molecular flexibility index (Phi) is 5.75. The van der Waals surface area contributed by atoms with E-state index in [1.165, 1.54) is 4.90 Å². The van der Waals surface area contributed by atoms with E-state index in [-0.39, 0.29) is 25.4 Å². The molecule has 6 heteroatoms. The first-order valence-corrected chi connectivity index (χ1v) is 7.41. The molecule has 0 aliphatic carbocycles. The van der Waals surface area contributed by atoms with Gasteiger partial charge in [0.15, 0.2) is 0 Å². The molecule has 1 unspecified atom stereocenters. The Morgan fingerprint density at radius 3 is 2.48 bits per heavy atom. The number of hydrogen-bond donors (Lipinski definition) is 1. The lowest BCUT2D eigenvalue weighted by Gasteiger charge is -2.45. The molecule has 0 spiro atoms. The summed E-state index contributed by atoms with van der Waals surface area (Å²) in [5.74, 6) is -2.78. The lowest BCUT2D eigenvalue weighted by Crippen LogP contribution is -2.61. The van der Waals surface area contributed by atoms with Crippen molar-refractivity contribution in [3.05, 3.63) is 0 Å². The molecule has 1 saturated heterocycles. The molecule has 2 atom stereocenters. The number of amides is 1. The Hall–Kier alpha value is -1.59. The largest absolute Gasteiger partial charge is 0.481 e. The van der Waals surface area contributed by atoms with Gasteiger partial charge in [-0.3, -0.25) is 9.59 Å². The van der Waals surface area contributed by atoms with E-state index in [4.69, 9.17) is 4.74 Å². The topological polar surface area (TPSA) is 83.9 Å². The lowest BCUT2D eigenvalue weighted by molar-refractivity contribution is -0.172. The SMILES string of the molecule is CCCCOC(=O)C1[C@@H](C(=O)O)CCC(=O)N1C(C)(C)C. The molecular formula is C15H25NO5. The minimum absolute atomic E-state index is 0.146. The summed E-state index contributed by atoms with van der Waals surface area (Å²) >= 11 is 0. The van der Waals surface area contributed by atoms with Crippen molar-refractivity contribution < 1.29 is 24.2 Å². The van der Waals surface area contributed by atoms with Gasteiger partial charge in [-0.25, -0.2) is 4.79 Å². The number of aliphatic carboxylic acids is 1. The second kappa shape index (κ2) is 6.91. The van der Waals surface area contributed by atoms with E-state index in [0.29, 0.717) is 0 Å². The number of unbranched alkanes of at least 4 members (excludes halogenated alkanes) is 1. The number of carbonyl (C=O) groups is 3. The molecule has 1 aliphatic heterocycles. The second-order valence-electron chi connectivity index (χ2n) is 6.38. The number of likely N-dealkylation sites (tertiary alicyclic amines) is 1. The summed E-state index contributed by atoms with van der Waals surface area (Å²) in [4.78, 5) is 37.3. The van der Waals surface area contributed by atoms with Gasteiger partial charge in [0.05, 0.1) is 12.5 Å². The van der Waals surface area contributed by atoms with Gasteiger partial charge in [-0.15, -0.1) is 0 Å². The van der Waals surface area contributed by atoms with Crippen LogP contribution < -0.4 is 0 Å². The van der Waals surface area contributed by atoms with E-state index in [2.05, 4.69) is 0 Å². The van der Waals surface area contributed by atoms with Crippen molar-refractivity contribution in [3.8, 4) is 0 Å². The Balaban J connectivity index is 3.03. The minimum atomic E-state index is -1.06. The molecule has 0 aromatic rings. The molecule has 1 amide bonds. The third-order valence-electron chi connectivity index (χ3n) is 3.62. The number of rotatable bonds is 5. The van der Waals surface area contributed by atoms with Gasteiger partial charge in [-0.1, -0.05) is 13.3 Å². The molecule has 120 valence electrons. The molecule has 1 aliphatic rings. The van der Waals surface area contributed by atoms with Crippen LogP contribution in [0.25, 0.3) is 0 Å². The summed E-state index contributed by atoms with van der Waals surface area (Å²) in [5.41, 5.74) is -0.625. The number of nitrogens with zero attached hydrogens (tertiary/aromatic N) is 1. The molecular weight excluding hydrogens is 274 g/mol. The van der Waals surface area contributed by atoms with Crippen molar-refractivity contribution in [1.82, 2.24) is 4.90 Å². The van der Waals surface area contributed by atoms with Gasteiger partial charge >= 0.3 is 11.9 Å². The number of ether oxygens (including phenoxy) is 1. The first kappa shape index (κ1) is 17.5. The van der Waals surface area contributed by atoms with Crippen LogP contribution in [0.5, 0.6) is 0 Å². The highest BCUT2D eigenvalue weighted by molar-refractivity contribution is 5.91. The number of piperidine rings is 1. The van der Waals surface area contributed by atoms with E-state index in [1.54, 1.807) is 20.8 Å². The molecule has 0 aromatic carbocycles. The monoisotopic (exact) mass is 299 g/mol. The van der Waals surface area contributed by atoms with Crippen LogP contribution in [0.1, 0.15) is 53.4 Å². The maximum Gasteiger partial charge on any atom is 0.329 e. The molecule has 6 nitrogen and oxygen atoms in total.